The van der Waals surface area contributed by atoms with Crippen LogP contribution in [0.5, 0.6) is 0 Å². The van der Waals surface area contributed by atoms with Crippen molar-refractivity contribution in [3.05, 3.63) is 48.4 Å². The van der Waals surface area contributed by atoms with Crippen LogP contribution in [0, 0.1) is 0 Å². The molecule has 0 aliphatic carbocycles. The fourth-order valence-corrected chi connectivity index (χ4v) is 2.85. The fourth-order valence-electron chi connectivity index (χ4n) is 2.85. The van der Waals surface area contributed by atoms with Gasteiger partial charge in [-0.15, -0.1) is 0 Å². The van der Waals surface area contributed by atoms with Crippen molar-refractivity contribution >= 4 is 5.57 Å². The van der Waals surface area contributed by atoms with Crippen molar-refractivity contribution in [3.8, 4) is 11.3 Å². The third-order valence-electron chi connectivity index (χ3n) is 4.08. The summed E-state index contributed by atoms with van der Waals surface area (Å²) in [6.45, 7) is 6.39. The molecule has 0 amide bonds. The van der Waals surface area contributed by atoms with Gasteiger partial charge in [-0.1, -0.05) is 36.4 Å². The van der Waals surface area contributed by atoms with Crippen LogP contribution < -0.4 is 5.32 Å². The van der Waals surface area contributed by atoms with E-state index in [9.17, 15) is 0 Å². The second-order valence-corrected chi connectivity index (χ2v) is 5.33. The first-order valence-corrected chi connectivity index (χ1v) is 7.27. The average molecular weight is 267 g/mol. The molecule has 0 unspecified atom stereocenters. The Balaban J connectivity index is 2.11. The molecule has 1 N–H and O–H groups in total. The molecule has 3 rings (SSSR count). The number of hydrogen-bond donors (Lipinski definition) is 1. The van der Waals surface area contributed by atoms with Crippen molar-refractivity contribution < 1.29 is 0 Å². The van der Waals surface area contributed by atoms with Crippen LogP contribution >= 0.6 is 0 Å². The molecule has 3 heteroatoms. The summed E-state index contributed by atoms with van der Waals surface area (Å²) in [5.41, 5.74) is 4.82. The largest absolute Gasteiger partial charge is 0.326 e. The van der Waals surface area contributed by atoms with Gasteiger partial charge >= 0.3 is 0 Å². The number of allylic oxidation sites excluding steroid dienone is 2. The Morgan fingerprint density at radius 2 is 2.15 bits per heavy atom. The van der Waals surface area contributed by atoms with Gasteiger partial charge in [0.25, 0.3) is 0 Å². The summed E-state index contributed by atoms with van der Waals surface area (Å²) in [5.74, 6) is 0. The van der Waals surface area contributed by atoms with Gasteiger partial charge in [-0.25, -0.2) is 4.98 Å². The highest BCUT2D eigenvalue weighted by molar-refractivity contribution is 5.76. The van der Waals surface area contributed by atoms with Gasteiger partial charge in [0.05, 0.1) is 17.7 Å². The van der Waals surface area contributed by atoms with Gasteiger partial charge < -0.3 is 9.88 Å². The van der Waals surface area contributed by atoms with Gasteiger partial charge in [-0.3, -0.25) is 0 Å². The van der Waals surface area contributed by atoms with Crippen molar-refractivity contribution in [2.75, 3.05) is 13.1 Å². The highest BCUT2D eigenvalue weighted by atomic mass is 15.1. The molecule has 0 radical (unpaired) electrons. The smallest absolute Gasteiger partial charge is 0.0961 e. The van der Waals surface area contributed by atoms with E-state index in [1.54, 1.807) is 0 Å². The molecule has 0 bridgehead atoms. The Morgan fingerprint density at radius 3 is 2.80 bits per heavy atom. The zero-order chi connectivity index (χ0) is 13.9. The van der Waals surface area contributed by atoms with Crippen molar-refractivity contribution in [3.63, 3.8) is 0 Å². The van der Waals surface area contributed by atoms with E-state index in [1.807, 2.05) is 12.4 Å². The first kappa shape index (κ1) is 13.1. The first-order valence-electron chi connectivity index (χ1n) is 7.27. The number of nitrogens with one attached hydrogen (secondary N) is 1. The minimum atomic E-state index is 0.518. The molecule has 1 aliphatic rings. The van der Waals surface area contributed by atoms with E-state index in [-0.39, 0.29) is 0 Å². The molecule has 1 aromatic carbocycles. The van der Waals surface area contributed by atoms with Crippen LogP contribution in [-0.2, 0) is 0 Å². The standard InChI is InChI=1S/C17H21N3/c1-3-13(2)17-16(14-7-5-4-6-8-14)19-12-20(17)15-9-10-18-11-15/h3-8,12,15,18H,9-11H2,1-2H3/b13-3+/t15-/m0/s1. The summed E-state index contributed by atoms with van der Waals surface area (Å²) in [6.07, 6.45) is 5.35. The van der Waals surface area contributed by atoms with Crippen molar-refractivity contribution in [2.45, 2.75) is 26.3 Å². The van der Waals surface area contributed by atoms with Crippen molar-refractivity contribution in [1.82, 2.24) is 14.9 Å². The van der Waals surface area contributed by atoms with Gasteiger partial charge in [0.2, 0.25) is 0 Å². The summed E-state index contributed by atoms with van der Waals surface area (Å²) >= 11 is 0. The summed E-state index contributed by atoms with van der Waals surface area (Å²) < 4.78 is 2.34. The summed E-state index contributed by atoms with van der Waals surface area (Å²) in [4.78, 5) is 4.69. The van der Waals surface area contributed by atoms with E-state index >= 15 is 0 Å². The lowest BCUT2D eigenvalue weighted by Crippen LogP contribution is -2.14. The highest BCUT2D eigenvalue weighted by Crippen LogP contribution is 2.31. The molecule has 104 valence electrons. The summed E-state index contributed by atoms with van der Waals surface area (Å²) in [5, 5.41) is 3.44. The van der Waals surface area contributed by atoms with Crippen molar-refractivity contribution in [2.24, 2.45) is 0 Å². The Hall–Kier alpha value is -1.87. The Morgan fingerprint density at radius 1 is 1.35 bits per heavy atom. The average Bonchev–Trinajstić information content (AvgIpc) is 3.16. The molecule has 1 fully saturated rings. The van der Waals surface area contributed by atoms with Gasteiger partial charge in [0, 0.05) is 18.2 Å². The number of hydrogen-bond acceptors (Lipinski definition) is 2. The summed E-state index contributed by atoms with van der Waals surface area (Å²) in [7, 11) is 0. The molecule has 0 saturated carbocycles. The number of aromatic nitrogens is 2. The second kappa shape index (κ2) is 5.63. The van der Waals surface area contributed by atoms with E-state index in [1.165, 1.54) is 23.3 Å². The van der Waals surface area contributed by atoms with E-state index in [0.29, 0.717) is 6.04 Å². The second-order valence-electron chi connectivity index (χ2n) is 5.33. The molecule has 1 saturated heterocycles. The monoisotopic (exact) mass is 267 g/mol. The molecule has 3 nitrogen and oxygen atoms in total. The van der Waals surface area contributed by atoms with Crippen LogP contribution in [0.2, 0.25) is 0 Å². The SMILES string of the molecule is C/C=C(\C)c1c(-c2ccccc2)ncn1[C@H]1CCNC1. The zero-order valence-corrected chi connectivity index (χ0v) is 12.1. The minimum absolute atomic E-state index is 0.518. The Kier molecular flexibility index (Phi) is 3.70. The third-order valence-corrected chi connectivity index (χ3v) is 4.08. The molecule has 1 atom stereocenters. The number of rotatable bonds is 3. The molecule has 1 aliphatic heterocycles. The van der Waals surface area contributed by atoms with Gasteiger partial charge in [0.1, 0.15) is 0 Å². The van der Waals surface area contributed by atoms with Crippen LogP contribution in [0.15, 0.2) is 42.7 Å². The van der Waals surface area contributed by atoms with Gasteiger partial charge in [-0.05, 0) is 32.4 Å². The predicted octanol–water partition coefficient (Wildman–Crippen LogP) is 3.51. The van der Waals surface area contributed by atoms with Gasteiger partial charge in [-0.2, -0.15) is 0 Å². The lowest BCUT2D eigenvalue weighted by Gasteiger charge is -2.16. The minimum Gasteiger partial charge on any atom is -0.326 e. The third kappa shape index (κ3) is 2.29. The van der Waals surface area contributed by atoms with Crippen LogP contribution in [0.4, 0.5) is 0 Å². The van der Waals surface area contributed by atoms with E-state index in [0.717, 1.165) is 18.8 Å². The maximum atomic E-state index is 4.69. The molecule has 20 heavy (non-hydrogen) atoms. The Labute approximate surface area is 120 Å². The topological polar surface area (TPSA) is 29.9 Å². The van der Waals surface area contributed by atoms with E-state index in [2.05, 4.69) is 54.1 Å². The zero-order valence-electron chi connectivity index (χ0n) is 12.1. The fraction of sp³-hybridized carbons (Fsp3) is 0.353. The normalized spacial score (nSPS) is 19.5. The molecule has 2 aromatic rings. The lowest BCUT2D eigenvalue weighted by molar-refractivity contribution is 0.542. The molecular formula is C17H21N3. The maximum absolute atomic E-state index is 4.69. The molecular weight excluding hydrogens is 246 g/mol. The van der Waals surface area contributed by atoms with Gasteiger partial charge in [0.15, 0.2) is 0 Å². The highest BCUT2D eigenvalue weighted by Gasteiger charge is 2.22. The quantitative estimate of drug-likeness (QED) is 0.922. The summed E-state index contributed by atoms with van der Waals surface area (Å²) in [6, 6.07) is 11.0. The maximum Gasteiger partial charge on any atom is 0.0961 e. The van der Waals surface area contributed by atoms with Crippen LogP contribution in [0.1, 0.15) is 32.0 Å². The van der Waals surface area contributed by atoms with Crippen LogP contribution in [0.3, 0.4) is 0 Å². The molecule has 0 spiro atoms. The Bertz CT molecular complexity index is 604. The van der Waals surface area contributed by atoms with E-state index < -0.39 is 0 Å². The van der Waals surface area contributed by atoms with Crippen LogP contribution in [-0.4, -0.2) is 22.6 Å². The van der Waals surface area contributed by atoms with E-state index in [4.69, 9.17) is 4.98 Å². The number of imidazole rings is 1. The first-order chi connectivity index (χ1) is 9.81. The van der Waals surface area contributed by atoms with Crippen LogP contribution in [0.25, 0.3) is 16.8 Å². The number of nitrogens with zero attached hydrogens (tertiary/aromatic N) is 2. The number of benzene rings is 1. The predicted molar refractivity (Wildman–Crippen MR) is 83.5 cm³/mol. The van der Waals surface area contributed by atoms with Crippen molar-refractivity contribution in [1.29, 1.82) is 0 Å². The lowest BCUT2D eigenvalue weighted by atomic mass is 10.0. The molecule has 2 heterocycles. The molecule has 1 aromatic heterocycles.